The van der Waals surface area contributed by atoms with Crippen LogP contribution in [0.4, 0.5) is 5.69 Å². The fraction of sp³-hybridized carbons (Fsp3) is 0.674. The molecule has 16 atom stereocenters. The number of ether oxygens (including phenoxy) is 7. The van der Waals surface area contributed by atoms with E-state index in [0.29, 0.717) is 41.8 Å². The number of nitrogens with zero attached hydrogens (tertiary/aromatic N) is 4. The number of anilines is 1. The summed E-state index contributed by atoms with van der Waals surface area (Å²) in [7, 11) is -1.17. The van der Waals surface area contributed by atoms with Crippen molar-refractivity contribution in [3.05, 3.63) is 77.9 Å². The summed E-state index contributed by atoms with van der Waals surface area (Å²) < 4.78 is 75.8. The Morgan fingerprint density at radius 1 is 0.597 bits per heavy atom. The number of amides is 13. The molecule has 2 aromatic rings. The minimum absolute atomic E-state index is 0.00681. The van der Waals surface area contributed by atoms with Crippen LogP contribution < -0.4 is 47.9 Å². The molecule has 0 aromatic heterocycles. The smallest absolute Gasteiger partial charge is 0.464 e. The van der Waals surface area contributed by atoms with Crippen molar-refractivity contribution in [2.75, 3.05) is 126 Å². The fourth-order valence-electron chi connectivity index (χ4n) is 15.1. The van der Waals surface area contributed by atoms with Gasteiger partial charge in [0.15, 0.2) is 0 Å². The second-order valence-electron chi connectivity index (χ2n) is 33.8. The van der Waals surface area contributed by atoms with Gasteiger partial charge in [0.1, 0.15) is 42.4 Å². The Hall–Kier alpha value is -9.06. The minimum atomic E-state index is -4.97. The van der Waals surface area contributed by atoms with Crippen LogP contribution in [0.3, 0.4) is 0 Å². The molecule has 13 amide bonds. The van der Waals surface area contributed by atoms with Gasteiger partial charge in [-0.3, -0.25) is 85.7 Å². The molecule has 12 N–H and O–H groups in total. The van der Waals surface area contributed by atoms with Gasteiger partial charge in [0.05, 0.1) is 127 Å². The maximum absolute atomic E-state index is 14.7. The first-order chi connectivity index (χ1) is 60.8. The van der Waals surface area contributed by atoms with Crippen LogP contribution in [-0.2, 0) is 125 Å². The van der Waals surface area contributed by atoms with Crippen LogP contribution >= 0.6 is 15.4 Å². The average molecular weight is 1860 g/mol. The van der Waals surface area contributed by atoms with E-state index in [-0.39, 0.29) is 126 Å². The molecule has 3 aliphatic rings. The number of benzene rings is 2. The molecule has 0 radical (unpaired) electrons. The lowest BCUT2D eigenvalue weighted by molar-refractivity contribution is -0.148. The van der Waals surface area contributed by atoms with Gasteiger partial charge in [-0.25, -0.2) is 9.36 Å². The number of hydrogen-bond acceptors (Lipinski definition) is 26. The standard InChI is InChI=1S/C86H137N13O28P2/c1-18-55(10)76(97(15)85(112)74(53(6)7)95-84(111)75(54(8)9)96(13)14)65(119-16)48-71(105)98-36-22-25-63(98)77(120-17)56(11)79(106)89-57(12)78(59-23-20-19-21-24-59)127-129(117,118)126-50-58-26-28-60(29-27-58)90-82(109)72(51(2)3)94-83(110)73(52(4)5)93-80(107)62(47-68(102)91-61-32-38-125-86(61)113)92-67(101)33-37-121-40-42-123-44-45-124-43-41-122-39-35-87-81(108)64(99-69(103)30-31-70(99)104)49-88-66(100)34-46-128(114,115)116/h19-21,23-24,26-31,51-57,61-65,72-78H,18,22,25,32-50H2,1-17H3,(H,87,108)(H,88,100)(H,89,106)(H,90,109)(H,91,102)(H,92,101)(H,93,107)(H,94,110)(H,95,111)(H,117,118)(H2,114,115,116)/t55-,56+,57+,61-,62-,63-,64-,65+,72-,73-,74-,75-,76-,77+,78+/m0/s1. The number of hydrogen-bond donors (Lipinski definition) is 12. The van der Waals surface area contributed by atoms with Crippen LogP contribution in [0.25, 0.3) is 0 Å². The van der Waals surface area contributed by atoms with E-state index in [0.717, 1.165) is 12.2 Å². The molecule has 41 nitrogen and oxygen atoms in total. The zero-order valence-electron chi connectivity index (χ0n) is 77.1. The van der Waals surface area contributed by atoms with Gasteiger partial charge in [0, 0.05) is 78.0 Å². The molecular formula is C86H137N13O28P2. The van der Waals surface area contributed by atoms with Gasteiger partial charge in [-0.2, -0.15) is 0 Å². The summed E-state index contributed by atoms with van der Waals surface area (Å²) in [6.07, 6.45) is -1.34. The molecule has 5 rings (SSSR count). The van der Waals surface area contributed by atoms with E-state index in [1.807, 2.05) is 60.5 Å². The van der Waals surface area contributed by atoms with Gasteiger partial charge in [0.25, 0.3) is 11.8 Å². The summed E-state index contributed by atoms with van der Waals surface area (Å²) in [4.78, 5) is 224. The predicted molar refractivity (Wildman–Crippen MR) is 471 cm³/mol. The van der Waals surface area contributed by atoms with Gasteiger partial charge in [-0.05, 0) is 86.7 Å². The third-order valence-corrected chi connectivity index (χ3v) is 24.0. The van der Waals surface area contributed by atoms with Gasteiger partial charge in [-0.1, -0.05) is 125 Å². The van der Waals surface area contributed by atoms with Crippen molar-refractivity contribution in [1.82, 2.24) is 62.1 Å². The number of carbonyl (C=O) groups is 14. The number of methoxy groups -OCH3 is 2. The van der Waals surface area contributed by atoms with Crippen molar-refractivity contribution >= 4 is 104 Å². The van der Waals surface area contributed by atoms with Crippen LogP contribution in [0.1, 0.15) is 152 Å². The summed E-state index contributed by atoms with van der Waals surface area (Å²) in [5.41, 5.74) is 1.05. The number of phosphoric acid groups is 1. The van der Waals surface area contributed by atoms with Gasteiger partial charge in [0.2, 0.25) is 65.0 Å². The van der Waals surface area contributed by atoms with E-state index in [1.54, 1.807) is 88.7 Å². The molecule has 0 bridgehead atoms. The van der Waals surface area contributed by atoms with E-state index in [1.165, 1.54) is 38.5 Å². The number of imide groups is 1. The van der Waals surface area contributed by atoms with Crippen LogP contribution in [0.5, 0.6) is 0 Å². The molecule has 1 unspecified atom stereocenters. The number of nitrogens with one attached hydrogen (secondary N) is 9. The lowest BCUT2D eigenvalue weighted by Crippen LogP contribution is -2.59. The molecule has 2 aromatic carbocycles. The molecule has 43 heteroatoms. The van der Waals surface area contributed by atoms with E-state index >= 15 is 0 Å². The van der Waals surface area contributed by atoms with Gasteiger partial charge >= 0.3 is 21.4 Å². The van der Waals surface area contributed by atoms with Crippen LogP contribution in [-0.4, -0.2) is 310 Å². The van der Waals surface area contributed by atoms with E-state index in [9.17, 15) is 81.1 Å². The first-order valence-corrected chi connectivity index (χ1v) is 47.0. The highest BCUT2D eigenvalue weighted by molar-refractivity contribution is 7.51. The van der Waals surface area contributed by atoms with Crippen LogP contribution in [0, 0.1) is 35.5 Å². The maximum Gasteiger partial charge on any atom is 0.473 e. The average Bonchev–Trinajstić information content (AvgIpc) is 1.81. The summed E-state index contributed by atoms with van der Waals surface area (Å²) in [5, 5.41) is 23.9. The topological polar surface area (TPSA) is 538 Å². The Labute approximate surface area is 754 Å². The van der Waals surface area contributed by atoms with Crippen molar-refractivity contribution in [2.24, 2.45) is 35.5 Å². The number of likely N-dealkylation sites (N-methyl/N-ethyl adjacent to an activating group) is 2. The fourth-order valence-corrected chi connectivity index (χ4v) is 16.6. The Bertz CT molecular complexity index is 4130. The number of rotatable bonds is 59. The van der Waals surface area contributed by atoms with Crippen molar-refractivity contribution in [3.63, 3.8) is 0 Å². The minimum Gasteiger partial charge on any atom is -0.464 e. The molecule has 0 saturated carbocycles. The molecule has 724 valence electrons. The highest BCUT2D eigenvalue weighted by Crippen LogP contribution is 2.50. The zero-order chi connectivity index (χ0) is 96.2. The Morgan fingerprint density at radius 3 is 1.71 bits per heavy atom. The number of esters is 1. The number of cyclic esters (lactones) is 1. The van der Waals surface area contributed by atoms with Crippen molar-refractivity contribution in [3.8, 4) is 0 Å². The van der Waals surface area contributed by atoms with Crippen molar-refractivity contribution in [2.45, 2.75) is 220 Å². The first-order valence-electron chi connectivity index (χ1n) is 43.7. The van der Waals surface area contributed by atoms with Crippen LogP contribution in [0.2, 0.25) is 0 Å². The molecule has 0 spiro atoms. The van der Waals surface area contributed by atoms with Gasteiger partial charge in [-0.15, -0.1) is 0 Å². The quantitative estimate of drug-likeness (QED) is 0.0196. The lowest BCUT2D eigenvalue weighted by Gasteiger charge is -2.41. The number of likely N-dealkylation sites (tertiary alicyclic amines) is 1. The third kappa shape index (κ3) is 36.2. The van der Waals surface area contributed by atoms with E-state index in [4.69, 9.17) is 52.0 Å². The van der Waals surface area contributed by atoms with Crippen molar-refractivity contribution in [1.29, 1.82) is 0 Å². The Balaban J connectivity index is 1.11. The number of carbonyl (C=O) groups excluding carboxylic acids is 14. The van der Waals surface area contributed by atoms with Gasteiger partial charge < -0.3 is 105 Å². The first kappa shape index (κ1) is 110. The largest absolute Gasteiger partial charge is 0.473 e. The predicted octanol–water partition coefficient (Wildman–Crippen LogP) is 2.29. The lowest BCUT2D eigenvalue weighted by atomic mass is 9.89. The molecule has 3 aliphatic heterocycles. The zero-order valence-corrected chi connectivity index (χ0v) is 78.9. The SMILES string of the molecule is CC[C@H](C)[C@@H]([C@@H](CC(=O)N1CCC[C@H]1[C@H](OC)[C@@H](C)C(=O)N[C@H](C)[C@@H](OP(=O)(O)OCc1ccc(NC(=O)[C@@H](NC(=O)[C@@H](NC(=O)[C@H](CC(=O)N[C@H]2CCOC2=O)NC(=O)CCOCCOCCOCCOCCNC(=O)[C@H](CNC(=O)CCP(=O)(O)O)N2C(=O)C=CC2=O)C(C)C)C(C)C)cc1)c1ccccc1)OC)N(C)C(=O)[C@@H](NC(=O)[C@H](C(C)C)N(C)C)C(C)C. The summed E-state index contributed by atoms with van der Waals surface area (Å²) >= 11 is 0. The molecule has 2 fully saturated rings. The van der Waals surface area contributed by atoms with Crippen LogP contribution in [0.15, 0.2) is 66.7 Å². The third-order valence-electron chi connectivity index (χ3n) is 22.3. The van der Waals surface area contributed by atoms with E-state index in [2.05, 4.69) is 47.9 Å². The monoisotopic (exact) mass is 1860 g/mol. The molecular weight excluding hydrogens is 1720 g/mol. The molecule has 3 heterocycles. The normalized spacial score (nSPS) is 18.2. The molecule has 0 aliphatic carbocycles. The summed E-state index contributed by atoms with van der Waals surface area (Å²) in [6, 6.07) is 4.47. The van der Waals surface area contributed by atoms with Crippen molar-refractivity contribution < 1.29 is 133 Å². The maximum atomic E-state index is 14.7. The highest BCUT2D eigenvalue weighted by atomic mass is 31.2. The molecule has 2 saturated heterocycles. The second kappa shape index (κ2) is 54.7. The molecule has 129 heavy (non-hydrogen) atoms. The Kier molecular flexibility index (Phi) is 46.8. The highest BCUT2D eigenvalue weighted by Gasteiger charge is 2.46. The van der Waals surface area contributed by atoms with E-state index < -0.39 is 209 Å². The summed E-state index contributed by atoms with van der Waals surface area (Å²) in [5.74, 6) is -11.6. The summed E-state index contributed by atoms with van der Waals surface area (Å²) in [6.45, 7) is 21.4. The number of phosphoric ester groups is 1. The Morgan fingerprint density at radius 2 is 1.17 bits per heavy atom. The second-order valence-corrected chi connectivity index (χ2v) is 37.0.